The summed E-state index contributed by atoms with van der Waals surface area (Å²) in [6.45, 7) is 1.06. The average molecular weight is 291 g/mol. The molecule has 0 spiro atoms. The summed E-state index contributed by atoms with van der Waals surface area (Å²) in [4.78, 5) is 4.47. The van der Waals surface area contributed by atoms with Crippen LogP contribution in [-0.4, -0.2) is 32.5 Å². The van der Waals surface area contributed by atoms with E-state index in [1.54, 1.807) is 30.5 Å². The minimum atomic E-state index is -3.49. The maximum atomic E-state index is 12.3. The lowest BCUT2D eigenvalue weighted by molar-refractivity contribution is 0.576. The molecule has 1 aromatic heterocycles. The van der Waals surface area contributed by atoms with E-state index in [4.69, 9.17) is 0 Å². The van der Waals surface area contributed by atoms with E-state index < -0.39 is 10.0 Å². The second-order valence-electron chi connectivity index (χ2n) is 4.95. The first-order valence-electron chi connectivity index (χ1n) is 6.74. The second-order valence-corrected chi connectivity index (χ2v) is 6.69. The normalized spacial score (nSPS) is 15.6. The molecule has 0 unspecified atom stereocenters. The first-order chi connectivity index (χ1) is 9.67. The van der Waals surface area contributed by atoms with Crippen LogP contribution in [0.3, 0.4) is 0 Å². The van der Waals surface area contributed by atoms with E-state index in [1.807, 2.05) is 6.07 Å². The SMILES string of the molecule is O=S(=O)(NCCNC1CC1)c1cccc2ncccc12. The molecule has 0 aliphatic heterocycles. The van der Waals surface area contributed by atoms with E-state index >= 15 is 0 Å². The van der Waals surface area contributed by atoms with E-state index in [-0.39, 0.29) is 4.90 Å². The summed E-state index contributed by atoms with van der Waals surface area (Å²) in [6, 6.07) is 9.24. The highest BCUT2D eigenvalue weighted by molar-refractivity contribution is 7.89. The molecule has 2 N–H and O–H groups in total. The Kier molecular flexibility index (Phi) is 3.69. The first kappa shape index (κ1) is 13.5. The highest BCUT2D eigenvalue weighted by atomic mass is 32.2. The summed E-state index contributed by atoms with van der Waals surface area (Å²) < 4.78 is 27.3. The number of sulfonamides is 1. The van der Waals surface area contributed by atoms with E-state index in [1.165, 1.54) is 12.8 Å². The van der Waals surface area contributed by atoms with Gasteiger partial charge in [-0.25, -0.2) is 13.1 Å². The number of hydrogen-bond acceptors (Lipinski definition) is 4. The summed E-state index contributed by atoms with van der Waals surface area (Å²) in [6.07, 6.45) is 4.05. The predicted octanol–water partition coefficient (Wildman–Crippen LogP) is 1.27. The van der Waals surface area contributed by atoms with Gasteiger partial charge in [0.25, 0.3) is 0 Å². The van der Waals surface area contributed by atoms with Crippen molar-refractivity contribution < 1.29 is 8.42 Å². The maximum absolute atomic E-state index is 12.3. The van der Waals surface area contributed by atoms with Crippen LogP contribution in [0.15, 0.2) is 41.4 Å². The summed E-state index contributed by atoms with van der Waals surface area (Å²) >= 11 is 0. The molecule has 1 heterocycles. The van der Waals surface area contributed by atoms with Crippen molar-refractivity contribution in [2.45, 2.75) is 23.8 Å². The van der Waals surface area contributed by atoms with Gasteiger partial charge in [-0.3, -0.25) is 4.98 Å². The van der Waals surface area contributed by atoms with E-state index in [2.05, 4.69) is 15.0 Å². The van der Waals surface area contributed by atoms with E-state index in [0.717, 1.165) is 0 Å². The van der Waals surface area contributed by atoms with Gasteiger partial charge in [0.1, 0.15) is 0 Å². The number of pyridine rings is 1. The minimum Gasteiger partial charge on any atom is -0.313 e. The fourth-order valence-electron chi connectivity index (χ4n) is 2.14. The monoisotopic (exact) mass is 291 g/mol. The average Bonchev–Trinajstić information content (AvgIpc) is 3.27. The topological polar surface area (TPSA) is 71.1 Å². The van der Waals surface area contributed by atoms with Crippen molar-refractivity contribution >= 4 is 20.9 Å². The summed E-state index contributed by atoms with van der Waals surface area (Å²) in [5.74, 6) is 0. The molecule has 1 aliphatic carbocycles. The molecule has 0 bridgehead atoms. The van der Waals surface area contributed by atoms with Crippen LogP contribution in [0, 0.1) is 0 Å². The molecule has 5 nitrogen and oxygen atoms in total. The quantitative estimate of drug-likeness (QED) is 0.786. The highest BCUT2D eigenvalue weighted by Crippen LogP contribution is 2.21. The van der Waals surface area contributed by atoms with Gasteiger partial charge < -0.3 is 5.32 Å². The number of nitrogens with one attached hydrogen (secondary N) is 2. The van der Waals surface area contributed by atoms with Crippen LogP contribution >= 0.6 is 0 Å². The lowest BCUT2D eigenvalue weighted by Gasteiger charge is -2.09. The number of benzene rings is 1. The molecule has 0 amide bonds. The summed E-state index contributed by atoms with van der Waals surface area (Å²) in [5, 5.41) is 3.93. The third-order valence-corrected chi connectivity index (χ3v) is 4.84. The van der Waals surface area contributed by atoms with Crippen molar-refractivity contribution in [1.29, 1.82) is 0 Å². The Balaban J connectivity index is 1.77. The Labute approximate surface area is 118 Å². The standard InChI is InChI=1S/C14H17N3O2S/c18-20(19,17-10-9-15-11-6-7-11)14-5-1-4-13-12(14)3-2-8-16-13/h1-5,8,11,15,17H,6-7,9-10H2. The van der Waals surface area contributed by atoms with Crippen molar-refractivity contribution in [2.75, 3.05) is 13.1 Å². The Morgan fingerprint density at radius 1 is 1.15 bits per heavy atom. The molecule has 1 fully saturated rings. The van der Waals surface area contributed by atoms with Crippen molar-refractivity contribution in [3.63, 3.8) is 0 Å². The van der Waals surface area contributed by atoms with Crippen LogP contribution in [0.2, 0.25) is 0 Å². The van der Waals surface area contributed by atoms with Gasteiger partial charge >= 0.3 is 0 Å². The van der Waals surface area contributed by atoms with Gasteiger partial charge in [0.2, 0.25) is 10.0 Å². The van der Waals surface area contributed by atoms with Gasteiger partial charge in [0, 0.05) is 30.7 Å². The van der Waals surface area contributed by atoms with Gasteiger partial charge in [-0.2, -0.15) is 0 Å². The number of rotatable bonds is 6. The molecule has 106 valence electrons. The number of fused-ring (bicyclic) bond motifs is 1. The second kappa shape index (κ2) is 5.47. The molecular weight excluding hydrogens is 274 g/mol. The maximum Gasteiger partial charge on any atom is 0.241 e. The summed E-state index contributed by atoms with van der Waals surface area (Å²) in [7, 11) is -3.49. The molecule has 1 aromatic carbocycles. The molecule has 0 atom stereocenters. The van der Waals surface area contributed by atoms with Crippen LogP contribution in [0.25, 0.3) is 10.9 Å². The third-order valence-electron chi connectivity index (χ3n) is 3.32. The Hall–Kier alpha value is -1.50. The molecule has 1 saturated carbocycles. The molecule has 0 radical (unpaired) electrons. The van der Waals surface area contributed by atoms with Crippen molar-refractivity contribution in [1.82, 2.24) is 15.0 Å². The smallest absolute Gasteiger partial charge is 0.241 e. The fraction of sp³-hybridized carbons (Fsp3) is 0.357. The van der Waals surface area contributed by atoms with Gasteiger partial charge in [-0.15, -0.1) is 0 Å². The molecule has 1 aliphatic rings. The fourth-order valence-corrected chi connectivity index (χ4v) is 3.38. The lowest BCUT2D eigenvalue weighted by atomic mass is 10.2. The first-order valence-corrected chi connectivity index (χ1v) is 8.22. The van der Waals surface area contributed by atoms with Gasteiger partial charge in [0.05, 0.1) is 10.4 Å². The van der Waals surface area contributed by atoms with Crippen LogP contribution < -0.4 is 10.0 Å². The molecule has 3 rings (SSSR count). The van der Waals surface area contributed by atoms with E-state index in [0.29, 0.717) is 30.0 Å². The third kappa shape index (κ3) is 2.98. The van der Waals surface area contributed by atoms with Gasteiger partial charge in [0.15, 0.2) is 0 Å². The van der Waals surface area contributed by atoms with Crippen molar-refractivity contribution in [3.8, 4) is 0 Å². The molecule has 2 aromatic rings. The number of nitrogens with zero attached hydrogens (tertiary/aromatic N) is 1. The Bertz CT molecular complexity index is 706. The van der Waals surface area contributed by atoms with Crippen molar-refractivity contribution in [3.05, 3.63) is 36.5 Å². The highest BCUT2D eigenvalue weighted by Gasteiger charge is 2.21. The molecule has 0 saturated heterocycles. The van der Waals surface area contributed by atoms with Crippen LogP contribution in [0.4, 0.5) is 0 Å². The van der Waals surface area contributed by atoms with Gasteiger partial charge in [-0.1, -0.05) is 6.07 Å². The number of aromatic nitrogens is 1. The van der Waals surface area contributed by atoms with Crippen molar-refractivity contribution in [2.24, 2.45) is 0 Å². The largest absolute Gasteiger partial charge is 0.313 e. The minimum absolute atomic E-state index is 0.287. The van der Waals surface area contributed by atoms with Crippen LogP contribution in [0.5, 0.6) is 0 Å². The predicted molar refractivity (Wildman–Crippen MR) is 78.0 cm³/mol. The lowest BCUT2D eigenvalue weighted by Crippen LogP contribution is -2.32. The van der Waals surface area contributed by atoms with E-state index in [9.17, 15) is 8.42 Å². The molecule has 20 heavy (non-hydrogen) atoms. The Morgan fingerprint density at radius 2 is 2.00 bits per heavy atom. The molecule has 6 heteroatoms. The van der Waals surface area contributed by atoms with Gasteiger partial charge in [-0.05, 0) is 37.1 Å². The summed E-state index contributed by atoms with van der Waals surface area (Å²) in [5.41, 5.74) is 0.687. The Morgan fingerprint density at radius 3 is 2.80 bits per heavy atom. The van der Waals surface area contributed by atoms with Crippen LogP contribution in [0.1, 0.15) is 12.8 Å². The zero-order chi connectivity index (χ0) is 14.0. The van der Waals surface area contributed by atoms with Crippen LogP contribution in [-0.2, 0) is 10.0 Å². The zero-order valence-corrected chi connectivity index (χ0v) is 11.9. The zero-order valence-electron chi connectivity index (χ0n) is 11.0. The molecular formula is C14H17N3O2S. The number of hydrogen-bond donors (Lipinski definition) is 2.